The highest BCUT2D eigenvalue weighted by atomic mass is 35.5. The van der Waals surface area contributed by atoms with Crippen LogP contribution < -0.4 is 10.5 Å². The molecule has 0 saturated heterocycles. The SMILES string of the molecule is Cl.NCCCCCOc1cn[nH]c1. The van der Waals surface area contributed by atoms with Gasteiger partial charge >= 0.3 is 0 Å². The summed E-state index contributed by atoms with van der Waals surface area (Å²) in [5.74, 6) is 0.808. The molecule has 0 aliphatic carbocycles. The summed E-state index contributed by atoms with van der Waals surface area (Å²) in [6, 6.07) is 0. The second-order valence-electron chi connectivity index (χ2n) is 2.63. The fourth-order valence-corrected chi connectivity index (χ4v) is 0.931. The number of ether oxygens (including phenoxy) is 1. The Kier molecular flexibility index (Phi) is 7.44. The number of rotatable bonds is 6. The van der Waals surface area contributed by atoms with Crippen molar-refractivity contribution in [2.75, 3.05) is 13.2 Å². The van der Waals surface area contributed by atoms with Crippen LogP contribution in [0.5, 0.6) is 5.75 Å². The van der Waals surface area contributed by atoms with Gasteiger partial charge in [0.2, 0.25) is 0 Å². The lowest BCUT2D eigenvalue weighted by atomic mass is 10.2. The Hall–Kier alpha value is -0.740. The topological polar surface area (TPSA) is 63.9 Å². The van der Waals surface area contributed by atoms with E-state index in [-0.39, 0.29) is 12.4 Å². The molecule has 0 amide bonds. The van der Waals surface area contributed by atoms with Crippen LogP contribution in [0.25, 0.3) is 0 Å². The van der Waals surface area contributed by atoms with Gasteiger partial charge in [-0.05, 0) is 25.8 Å². The Balaban J connectivity index is 0.00000144. The van der Waals surface area contributed by atoms with Crippen LogP contribution in [0.15, 0.2) is 12.4 Å². The maximum Gasteiger partial charge on any atom is 0.156 e. The molecule has 0 atom stereocenters. The van der Waals surface area contributed by atoms with Crippen LogP contribution in [-0.4, -0.2) is 23.3 Å². The summed E-state index contributed by atoms with van der Waals surface area (Å²) in [4.78, 5) is 0. The molecule has 1 aromatic rings. The zero-order valence-corrected chi connectivity index (χ0v) is 8.35. The quantitative estimate of drug-likeness (QED) is 0.689. The van der Waals surface area contributed by atoms with Crippen molar-refractivity contribution in [3.05, 3.63) is 12.4 Å². The molecule has 1 rings (SSSR count). The Labute approximate surface area is 84.3 Å². The molecule has 3 N–H and O–H groups in total. The van der Waals surface area contributed by atoms with Gasteiger partial charge in [0.1, 0.15) is 0 Å². The molecule has 0 saturated carbocycles. The Morgan fingerprint density at radius 2 is 2.23 bits per heavy atom. The highest BCUT2D eigenvalue weighted by Crippen LogP contribution is 2.05. The number of aromatic nitrogens is 2. The third-order valence-electron chi connectivity index (χ3n) is 1.59. The predicted octanol–water partition coefficient (Wildman–Crippen LogP) is 1.34. The number of unbranched alkanes of at least 4 members (excludes halogenated alkanes) is 2. The van der Waals surface area contributed by atoms with Crippen molar-refractivity contribution >= 4 is 12.4 Å². The van der Waals surface area contributed by atoms with Gasteiger partial charge in [-0.25, -0.2) is 0 Å². The third kappa shape index (κ3) is 5.49. The molecule has 13 heavy (non-hydrogen) atoms. The summed E-state index contributed by atoms with van der Waals surface area (Å²) >= 11 is 0. The van der Waals surface area contributed by atoms with Crippen molar-refractivity contribution in [3.8, 4) is 5.75 Å². The Bertz CT molecular complexity index is 191. The molecule has 1 aromatic heterocycles. The van der Waals surface area contributed by atoms with Gasteiger partial charge in [-0.2, -0.15) is 5.10 Å². The molecule has 0 unspecified atom stereocenters. The van der Waals surface area contributed by atoms with E-state index in [4.69, 9.17) is 10.5 Å². The van der Waals surface area contributed by atoms with Crippen molar-refractivity contribution in [2.24, 2.45) is 5.73 Å². The number of aromatic amines is 1. The van der Waals surface area contributed by atoms with E-state index in [1.54, 1.807) is 12.4 Å². The highest BCUT2D eigenvalue weighted by Gasteiger charge is 1.92. The van der Waals surface area contributed by atoms with Gasteiger partial charge in [0.15, 0.2) is 5.75 Å². The third-order valence-corrected chi connectivity index (χ3v) is 1.59. The maximum atomic E-state index is 5.36. The van der Waals surface area contributed by atoms with Crippen molar-refractivity contribution in [1.29, 1.82) is 0 Å². The van der Waals surface area contributed by atoms with Crippen LogP contribution in [0, 0.1) is 0 Å². The zero-order chi connectivity index (χ0) is 8.65. The van der Waals surface area contributed by atoms with E-state index in [1.165, 1.54) is 0 Å². The lowest BCUT2D eigenvalue weighted by Gasteiger charge is -2.01. The largest absolute Gasteiger partial charge is 0.490 e. The Morgan fingerprint density at radius 1 is 1.38 bits per heavy atom. The van der Waals surface area contributed by atoms with Crippen LogP contribution in [0.1, 0.15) is 19.3 Å². The molecule has 76 valence electrons. The van der Waals surface area contributed by atoms with E-state index < -0.39 is 0 Å². The molecule has 4 nitrogen and oxygen atoms in total. The molecular weight excluding hydrogens is 190 g/mol. The fraction of sp³-hybridized carbons (Fsp3) is 0.625. The van der Waals surface area contributed by atoms with Gasteiger partial charge < -0.3 is 10.5 Å². The normalized spacial score (nSPS) is 9.31. The summed E-state index contributed by atoms with van der Waals surface area (Å²) in [7, 11) is 0. The molecule has 1 heterocycles. The molecular formula is C8H16ClN3O. The number of H-pyrrole nitrogens is 1. The maximum absolute atomic E-state index is 5.36. The minimum Gasteiger partial charge on any atom is -0.490 e. The van der Waals surface area contributed by atoms with Crippen molar-refractivity contribution in [3.63, 3.8) is 0 Å². The molecule has 0 aromatic carbocycles. The minimum absolute atomic E-state index is 0. The summed E-state index contributed by atoms with van der Waals surface area (Å²) in [5, 5.41) is 6.45. The van der Waals surface area contributed by atoms with Gasteiger partial charge in [-0.15, -0.1) is 12.4 Å². The van der Waals surface area contributed by atoms with Gasteiger partial charge in [-0.1, -0.05) is 0 Å². The van der Waals surface area contributed by atoms with Crippen molar-refractivity contribution in [2.45, 2.75) is 19.3 Å². The summed E-state index contributed by atoms with van der Waals surface area (Å²) in [6.07, 6.45) is 6.68. The van der Waals surface area contributed by atoms with E-state index in [0.29, 0.717) is 0 Å². The number of nitrogens with one attached hydrogen (secondary N) is 1. The summed E-state index contributed by atoms with van der Waals surface area (Å²) < 4.78 is 5.36. The highest BCUT2D eigenvalue weighted by molar-refractivity contribution is 5.85. The summed E-state index contributed by atoms with van der Waals surface area (Å²) in [5.41, 5.74) is 5.35. The number of hydrogen-bond acceptors (Lipinski definition) is 3. The van der Waals surface area contributed by atoms with Crippen molar-refractivity contribution in [1.82, 2.24) is 10.2 Å². The smallest absolute Gasteiger partial charge is 0.156 e. The zero-order valence-electron chi connectivity index (χ0n) is 7.53. The standard InChI is InChI=1S/C8H15N3O.ClH/c9-4-2-1-3-5-12-8-6-10-11-7-8;/h6-7H,1-5,9H2,(H,10,11);1H. The van der Waals surface area contributed by atoms with E-state index in [2.05, 4.69) is 10.2 Å². The first kappa shape index (κ1) is 12.3. The lowest BCUT2D eigenvalue weighted by Crippen LogP contribution is -2.01. The number of halogens is 1. The molecule has 5 heteroatoms. The van der Waals surface area contributed by atoms with Crippen LogP contribution >= 0.6 is 12.4 Å². The summed E-state index contributed by atoms with van der Waals surface area (Å²) in [6.45, 7) is 1.52. The van der Waals surface area contributed by atoms with Crippen LogP contribution in [0.4, 0.5) is 0 Å². The second-order valence-corrected chi connectivity index (χ2v) is 2.63. The van der Waals surface area contributed by atoms with Gasteiger partial charge in [0.25, 0.3) is 0 Å². The first-order chi connectivity index (χ1) is 5.93. The average Bonchev–Trinajstić information content (AvgIpc) is 2.57. The van der Waals surface area contributed by atoms with E-state index in [9.17, 15) is 0 Å². The molecule has 0 aliphatic rings. The van der Waals surface area contributed by atoms with Crippen LogP contribution in [0.2, 0.25) is 0 Å². The van der Waals surface area contributed by atoms with E-state index >= 15 is 0 Å². The number of nitrogens with zero attached hydrogens (tertiary/aromatic N) is 1. The molecule has 0 fully saturated rings. The fourth-order valence-electron chi connectivity index (χ4n) is 0.931. The first-order valence-corrected chi connectivity index (χ1v) is 4.25. The molecule has 0 bridgehead atoms. The molecule has 0 aliphatic heterocycles. The average molecular weight is 206 g/mol. The molecule has 0 radical (unpaired) electrons. The molecule has 0 spiro atoms. The van der Waals surface area contributed by atoms with Gasteiger partial charge in [0, 0.05) is 0 Å². The monoisotopic (exact) mass is 205 g/mol. The van der Waals surface area contributed by atoms with E-state index in [1.807, 2.05) is 0 Å². The van der Waals surface area contributed by atoms with Crippen molar-refractivity contribution < 1.29 is 4.74 Å². The lowest BCUT2D eigenvalue weighted by molar-refractivity contribution is 0.306. The predicted molar refractivity (Wildman–Crippen MR) is 54.2 cm³/mol. The van der Waals surface area contributed by atoms with Crippen LogP contribution in [0.3, 0.4) is 0 Å². The number of hydrogen-bond donors (Lipinski definition) is 2. The van der Waals surface area contributed by atoms with Gasteiger partial charge in [-0.3, -0.25) is 5.10 Å². The van der Waals surface area contributed by atoms with Crippen LogP contribution in [-0.2, 0) is 0 Å². The first-order valence-electron chi connectivity index (χ1n) is 4.25. The number of nitrogens with two attached hydrogens (primary N) is 1. The van der Waals surface area contributed by atoms with E-state index in [0.717, 1.165) is 38.2 Å². The Morgan fingerprint density at radius 3 is 2.85 bits per heavy atom. The minimum atomic E-state index is 0. The second kappa shape index (κ2) is 7.89. The van der Waals surface area contributed by atoms with Gasteiger partial charge in [0.05, 0.1) is 19.0 Å².